The first-order valence-electron chi connectivity index (χ1n) is 11.1. The fourth-order valence-electron chi connectivity index (χ4n) is 3.35. The molecule has 11 heteroatoms. The Hall–Kier alpha value is -4.22. The number of aromatic nitrogens is 2. The number of para-hydroxylation sites is 2. The number of carbonyl (C=O) groups excluding carboxylic acids is 4. The molecule has 0 spiro atoms. The van der Waals surface area contributed by atoms with Crippen LogP contribution < -0.4 is 16.0 Å². The van der Waals surface area contributed by atoms with Crippen LogP contribution in [-0.4, -0.2) is 59.2 Å². The van der Waals surface area contributed by atoms with Crippen LogP contribution in [0.3, 0.4) is 0 Å². The second-order valence-corrected chi connectivity index (χ2v) is 8.69. The minimum atomic E-state index is -0.561. The number of allylic oxidation sites excluding steroid dienone is 2. The number of amides is 3. The first kappa shape index (κ1) is 24.9. The summed E-state index contributed by atoms with van der Waals surface area (Å²) in [7, 11) is 0. The van der Waals surface area contributed by atoms with Gasteiger partial charge in [0.1, 0.15) is 11.4 Å². The molecular weight excluding hydrogens is 482 g/mol. The SMILES string of the molecule is O=C(NCCOCCSC1=CC(=O)c2n[nH]c(C(=O)Nc3ccccc3)c2C1=O)Nc1ccccc1. The topological polar surface area (TPSA) is 142 Å². The van der Waals surface area contributed by atoms with Gasteiger partial charge in [0.25, 0.3) is 5.91 Å². The van der Waals surface area contributed by atoms with E-state index >= 15 is 0 Å². The molecule has 1 aliphatic carbocycles. The lowest BCUT2D eigenvalue weighted by Gasteiger charge is -2.12. The number of benzene rings is 2. The van der Waals surface area contributed by atoms with Crippen LogP contribution in [0.25, 0.3) is 0 Å². The van der Waals surface area contributed by atoms with Gasteiger partial charge >= 0.3 is 6.03 Å². The van der Waals surface area contributed by atoms with Crippen molar-refractivity contribution in [2.24, 2.45) is 0 Å². The van der Waals surface area contributed by atoms with Crippen LogP contribution in [0.1, 0.15) is 31.3 Å². The Morgan fingerprint density at radius 3 is 2.28 bits per heavy atom. The number of thioether (sulfide) groups is 1. The van der Waals surface area contributed by atoms with Gasteiger partial charge in [-0.15, -0.1) is 11.8 Å². The minimum Gasteiger partial charge on any atom is -0.379 e. The van der Waals surface area contributed by atoms with Crippen LogP contribution in [0.4, 0.5) is 16.2 Å². The lowest BCUT2D eigenvalue weighted by atomic mass is 9.99. The molecule has 1 heterocycles. The molecule has 0 saturated heterocycles. The molecule has 0 aliphatic heterocycles. The zero-order valence-electron chi connectivity index (χ0n) is 19.1. The maximum absolute atomic E-state index is 13.0. The van der Waals surface area contributed by atoms with E-state index in [1.807, 2.05) is 24.3 Å². The molecule has 4 rings (SSSR count). The summed E-state index contributed by atoms with van der Waals surface area (Å²) < 4.78 is 5.50. The number of carbonyl (C=O) groups is 4. The molecule has 0 atom stereocenters. The number of hydrogen-bond donors (Lipinski definition) is 4. The van der Waals surface area contributed by atoms with Gasteiger partial charge in [-0.3, -0.25) is 19.5 Å². The molecule has 184 valence electrons. The van der Waals surface area contributed by atoms with Crippen molar-refractivity contribution < 1.29 is 23.9 Å². The number of anilines is 2. The second kappa shape index (κ2) is 12.0. The van der Waals surface area contributed by atoms with Crippen molar-refractivity contribution in [3.05, 3.63) is 88.6 Å². The zero-order chi connectivity index (χ0) is 25.3. The summed E-state index contributed by atoms with van der Waals surface area (Å²) in [6.45, 7) is 0.886. The number of fused-ring (bicyclic) bond motifs is 1. The summed E-state index contributed by atoms with van der Waals surface area (Å²) >= 11 is 1.16. The maximum Gasteiger partial charge on any atom is 0.319 e. The van der Waals surface area contributed by atoms with E-state index in [1.165, 1.54) is 6.08 Å². The van der Waals surface area contributed by atoms with Gasteiger partial charge in [0.05, 0.1) is 23.7 Å². The molecular formula is C25H23N5O5S. The number of aromatic amines is 1. The number of H-pyrrole nitrogens is 1. The van der Waals surface area contributed by atoms with Crippen molar-refractivity contribution in [3.63, 3.8) is 0 Å². The fourth-order valence-corrected chi connectivity index (χ4v) is 4.19. The Balaban J connectivity index is 1.22. The normalized spacial score (nSPS) is 12.5. The summed E-state index contributed by atoms with van der Waals surface area (Å²) in [5.74, 6) is -1.05. The van der Waals surface area contributed by atoms with Gasteiger partial charge in [-0.05, 0) is 24.3 Å². The van der Waals surface area contributed by atoms with E-state index in [0.29, 0.717) is 30.3 Å². The Kier molecular flexibility index (Phi) is 8.27. The molecule has 0 fully saturated rings. The number of ether oxygens (including phenoxy) is 1. The van der Waals surface area contributed by atoms with E-state index in [9.17, 15) is 19.2 Å². The molecule has 3 amide bonds. The number of nitrogens with zero attached hydrogens (tertiary/aromatic N) is 1. The number of urea groups is 1. The standard InChI is InChI=1S/C25H23N5O5S/c31-18-15-19(36-14-13-35-12-11-26-25(34)28-17-9-5-2-6-10-17)23(32)20-21(18)29-30-22(20)24(33)27-16-7-3-1-4-8-16/h1-10,15H,11-14H2,(H,27,33)(H,29,30)(H2,26,28,34). The third-order valence-corrected chi connectivity index (χ3v) is 6.01. The van der Waals surface area contributed by atoms with Gasteiger partial charge in [-0.25, -0.2) is 4.79 Å². The number of ketones is 2. The van der Waals surface area contributed by atoms with Crippen molar-refractivity contribution in [3.8, 4) is 0 Å². The van der Waals surface area contributed by atoms with Crippen LogP contribution in [0.5, 0.6) is 0 Å². The van der Waals surface area contributed by atoms with E-state index in [0.717, 1.165) is 11.8 Å². The van der Waals surface area contributed by atoms with Gasteiger partial charge in [0.15, 0.2) is 0 Å². The average molecular weight is 506 g/mol. The number of nitrogens with one attached hydrogen (secondary N) is 4. The highest BCUT2D eigenvalue weighted by atomic mass is 32.2. The quantitative estimate of drug-likeness (QED) is 0.309. The molecule has 1 aromatic heterocycles. The van der Waals surface area contributed by atoms with Crippen LogP contribution >= 0.6 is 11.8 Å². The van der Waals surface area contributed by atoms with Crippen LogP contribution in [0, 0.1) is 0 Å². The van der Waals surface area contributed by atoms with Crippen molar-refractivity contribution in [2.45, 2.75) is 0 Å². The minimum absolute atomic E-state index is 0.0343. The van der Waals surface area contributed by atoms with E-state index in [4.69, 9.17) is 4.74 Å². The smallest absolute Gasteiger partial charge is 0.319 e. The number of rotatable bonds is 10. The third-order valence-electron chi connectivity index (χ3n) is 5.02. The van der Waals surface area contributed by atoms with Crippen LogP contribution in [0.2, 0.25) is 0 Å². The zero-order valence-corrected chi connectivity index (χ0v) is 19.9. The second-order valence-electron chi connectivity index (χ2n) is 7.55. The van der Waals surface area contributed by atoms with E-state index in [1.54, 1.807) is 36.4 Å². The summed E-state index contributed by atoms with van der Waals surface area (Å²) in [4.78, 5) is 50.2. The van der Waals surface area contributed by atoms with Gasteiger partial charge in [0.2, 0.25) is 11.6 Å². The average Bonchev–Trinajstić information content (AvgIpc) is 3.34. The molecule has 0 bridgehead atoms. The Morgan fingerprint density at radius 2 is 1.58 bits per heavy atom. The third kappa shape index (κ3) is 6.26. The Bertz CT molecular complexity index is 1290. The first-order chi connectivity index (χ1) is 17.5. The molecule has 0 saturated carbocycles. The first-order valence-corrected chi connectivity index (χ1v) is 12.1. The lowest BCUT2D eigenvalue weighted by Crippen LogP contribution is -2.31. The highest BCUT2D eigenvalue weighted by Gasteiger charge is 2.33. The van der Waals surface area contributed by atoms with Gasteiger partial charge in [0, 0.05) is 29.7 Å². The Morgan fingerprint density at radius 1 is 0.917 bits per heavy atom. The molecule has 2 aromatic carbocycles. The van der Waals surface area contributed by atoms with Crippen LogP contribution in [-0.2, 0) is 4.74 Å². The molecule has 0 unspecified atom stereocenters. The maximum atomic E-state index is 13.0. The van der Waals surface area contributed by atoms with E-state index < -0.39 is 17.5 Å². The summed E-state index contributed by atoms with van der Waals surface area (Å²) in [6, 6.07) is 17.5. The molecule has 1 aliphatic rings. The van der Waals surface area contributed by atoms with Crippen molar-refractivity contribution >= 4 is 46.6 Å². The Labute approximate surface area is 210 Å². The van der Waals surface area contributed by atoms with E-state index in [2.05, 4.69) is 26.1 Å². The number of Topliss-reactive ketones (excluding diaryl/α,β-unsaturated/α-hetero) is 1. The van der Waals surface area contributed by atoms with Gasteiger partial charge in [-0.2, -0.15) is 5.10 Å². The highest BCUT2D eigenvalue weighted by molar-refractivity contribution is 8.04. The predicted molar refractivity (Wildman–Crippen MR) is 136 cm³/mol. The van der Waals surface area contributed by atoms with Crippen molar-refractivity contribution in [1.29, 1.82) is 0 Å². The fraction of sp³-hybridized carbons (Fsp3) is 0.160. The molecule has 4 N–H and O–H groups in total. The monoisotopic (exact) mass is 505 g/mol. The van der Waals surface area contributed by atoms with Crippen molar-refractivity contribution in [1.82, 2.24) is 15.5 Å². The molecule has 0 radical (unpaired) electrons. The lowest BCUT2D eigenvalue weighted by molar-refractivity contribution is 0.0978. The van der Waals surface area contributed by atoms with Gasteiger partial charge in [-0.1, -0.05) is 36.4 Å². The molecule has 10 nitrogen and oxygen atoms in total. The largest absolute Gasteiger partial charge is 0.379 e. The molecule has 3 aromatic rings. The summed E-state index contributed by atoms with van der Waals surface area (Å²) in [5.41, 5.74) is 1.07. The summed E-state index contributed by atoms with van der Waals surface area (Å²) in [6.07, 6.45) is 1.23. The van der Waals surface area contributed by atoms with E-state index in [-0.39, 0.29) is 34.5 Å². The molecule has 36 heavy (non-hydrogen) atoms. The number of hydrogen-bond acceptors (Lipinski definition) is 7. The highest BCUT2D eigenvalue weighted by Crippen LogP contribution is 2.29. The summed E-state index contributed by atoms with van der Waals surface area (Å²) in [5, 5.41) is 14.5. The predicted octanol–water partition coefficient (Wildman–Crippen LogP) is 3.50. The van der Waals surface area contributed by atoms with Gasteiger partial charge < -0.3 is 20.7 Å². The van der Waals surface area contributed by atoms with Crippen LogP contribution in [0.15, 0.2) is 71.6 Å². The van der Waals surface area contributed by atoms with Crippen molar-refractivity contribution in [2.75, 3.05) is 36.1 Å².